The molecule has 0 aliphatic heterocycles. The largest absolute Gasteiger partial charge is 0.481 e. The molecule has 0 saturated heterocycles. The molecule has 1 atom stereocenters. The minimum Gasteiger partial charge on any atom is -0.481 e. The number of aromatic nitrogens is 4. The molecule has 0 saturated carbocycles. The number of halogens is 2. The molecule has 3 aromatic rings. The van der Waals surface area contributed by atoms with Crippen molar-refractivity contribution >= 4 is 22.8 Å². The average Bonchev–Trinajstić information content (AvgIpc) is 3.01. The average molecular weight is 389 g/mol. The highest BCUT2D eigenvalue weighted by Crippen LogP contribution is 2.30. The fraction of sp³-hybridized carbons (Fsp3) is 0.368. The molecular formula is C19H21F2N5O2. The third-order valence-corrected chi connectivity index (χ3v) is 4.49. The number of anilines is 1. The van der Waals surface area contributed by atoms with E-state index in [1.807, 2.05) is 20.8 Å². The summed E-state index contributed by atoms with van der Waals surface area (Å²) in [5, 5.41) is 12.5. The van der Waals surface area contributed by atoms with Gasteiger partial charge in [-0.1, -0.05) is 20.8 Å². The lowest BCUT2D eigenvalue weighted by Gasteiger charge is -2.31. The van der Waals surface area contributed by atoms with Crippen molar-refractivity contribution in [2.24, 2.45) is 5.41 Å². The van der Waals surface area contributed by atoms with Crippen LogP contribution >= 0.6 is 0 Å². The first-order valence-electron chi connectivity index (χ1n) is 8.79. The molecule has 0 radical (unpaired) electrons. The molecule has 0 aliphatic rings. The van der Waals surface area contributed by atoms with Gasteiger partial charge in [-0.15, -0.1) is 0 Å². The van der Waals surface area contributed by atoms with Crippen LogP contribution in [0.5, 0.6) is 0 Å². The van der Waals surface area contributed by atoms with Gasteiger partial charge in [-0.25, -0.2) is 23.7 Å². The monoisotopic (exact) mass is 389 g/mol. The summed E-state index contributed by atoms with van der Waals surface area (Å²) in [5.74, 6) is -1.91. The number of aliphatic carboxylic acids is 1. The van der Waals surface area contributed by atoms with Gasteiger partial charge in [0.15, 0.2) is 17.5 Å². The quantitative estimate of drug-likeness (QED) is 0.589. The van der Waals surface area contributed by atoms with E-state index < -0.39 is 17.6 Å². The Morgan fingerprint density at radius 3 is 2.71 bits per heavy atom. The van der Waals surface area contributed by atoms with Crippen LogP contribution in [0.25, 0.3) is 22.4 Å². The first kappa shape index (κ1) is 19.7. The summed E-state index contributed by atoms with van der Waals surface area (Å²) in [4.78, 5) is 26.1. The highest BCUT2D eigenvalue weighted by Gasteiger charge is 2.27. The Labute approximate surface area is 160 Å². The number of nitrogens with one attached hydrogen (secondary N) is 2. The number of carbonyl (C=O) groups is 1. The number of carboxylic acid groups (broad SMARTS) is 1. The van der Waals surface area contributed by atoms with E-state index >= 15 is 0 Å². The topological polar surface area (TPSA) is 104 Å². The summed E-state index contributed by atoms with van der Waals surface area (Å²) in [6.45, 7) is 5.79. The number of hydrogen-bond acceptors (Lipinski definition) is 5. The van der Waals surface area contributed by atoms with Gasteiger partial charge in [-0.3, -0.25) is 4.79 Å². The number of aromatic amines is 1. The Balaban J connectivity index is 1.96. The molecule has 3 N–H and O–H groups in total. The van der Waals surface area contributed by atoms with E-state index in [-0.39, 0.29) is 29.5 Å². The highest BCUT2D eigenvalue weighted by atomic mass is 19.1. The Bertz CT molecular complexity index is 1010. The third-order valence-electron chi connectivity index (χ3n) is 4.49. The zero-order valence-corrected chi connectivity index (χ0v) is 15.8. The minimum atomic E-state index is -0.923. The summed E-state index contributed by atoms with van der Waals surface area (Å²) < 4.78 is 27.9. The lowest BCUT2D eigenvalue weighted by molar-refractivity contribution is -0.137. The van der Waals surface area contributed by atoms with E-state index in [2.05, 4.69) is 25.3 Å². The van der Waals surface area contributed by atoms with Crippen LogP contribution in [0.15, 0.2) is 24.7 Å². The predicted molar refractivity (Wildman–Crippen MR) is 101 cm³/mol. The van der Waals surface area contributed by atoms with Gasteiger partial charge in [-0.2, -0.15) is 0 Å². The van der Waals surface area contributed by atoms with Crippen LogP contribution in [0.2, 0.25) is 0 Å². The number of pyridine rings is 1. The van der Waals surface area contributed by atoms with Gasteiger partial charge in [0.25, 0.3) is 0 Å². The van der Waals surface area contributed by atoms with Crippen LogP contribution in [0, 0.1) is 17.0 Å². The molecule has 9 heteroatoms. The molecule has 148 valence electrons. The van der Waals surface area contributed by atoms with Crippen molar-refractivity contribution in [1.29, 1.82) is 0 Å². The number of hydrogen-bond donors (Lipinski definition) is 3. The molecule has 0 bridgehead atoms. The first-order valence-corrected chi connectivity index (χ1v) is 8.79. The molecule has 0 fully saturated rings. The molecule has 0 spiro atoms. The zero-order valence-electron chi connectivity index (χ0n) is 15.8. The van der Waals surface area contributed by atoms with E-state index in [0.29, 0.717) is 23.0 Å². The van der Waals surface area contributed by atoms with E-state index in [4.69, 9.17) is 5.11 Å². The predicted octanol–water partition coefficient (Wildman–Crippen LogP) is 3.99. The van der Waals surface area contributed by atoms with Crippen LogP contribution in [0.3, 0.4) is 0 Å². The van der Waals surface area contributed by atoms with Crippen LogP contribution in [0.4, 0.5) is 14.6 Å². The van der Waals surface area contributed by atoms with Gasteiger partial charge in [-0.05, 0) is 17.9 Å². The molecule has 1 unspecified atom stereocenters. The summed E-state index contributed by atoms with van der Waals surface area (Å²) in [6.07, 6.45) is 3.96. The smallest absolute Gasteiger partial charge is 0.303 e. The van der Waals surface area contributed by atoms with Crippen molar-refractivity contribution in [3.05, 3.63) is 36.3 Å². The van der Waals surface area contributed by atoms with Gasteiger partial charge >= 0.3 is 5.97 Å². The van der Waals surface area contributed by atoms with E-state index in [0.717, 1.165) is 12.4 Å². The van der Waals surface area contributed by atoms with Gasteiger partial charge in [0.1, 0.15) is 11.5 Å². The van der Waals surface area contributed by atoms with Crippen molar-refractivity contribution in [2.75, 3.05) is 5.32 Å². The third kappa shape index (κ3) is 4.24. The SMILES string of the molecule is CC(C)(C)C(CCC(=O)O)Nc1nc(-c2c[nH]c3ncc(F)cc23)ncc1F. The van der Waals surface area contributed by atoms with Gasteiger partial charge in [0.05, 0.1) is 12.4 Å². The Hall–Kier alpha value is -3.10. The maximum Gasteiger partial charge on any atom is 0.303 e. The molecule has 3 rings (SSSR count). The van der Waals surface area contributed by atoms with Crippen LogP contribution in [-0.2, 0) is 4.79 Å². The van der Waals surface area contributed by atoms with Crippen LogP contribution in [0.1, 0.15) is 33.6 Å². The molecule has 0 aromatic carbocycles. The maximum atomic E-state index is 14.4. The normalized spacial score (nSPS) is 12.9. The fourth-order valence-corrected chi connectivity index (χ4v) is 2.92. The van der Waals surface area contributed by atoms with Crippen molar-refractivity contribution in [3.8, 4) is 11.4 Å². The molecule has 3 aromatic heterocycles. The van der Waals surface area contributed by atoms with Crippen molar-refractivity contribution in [3.63, 3.8) is 0 Å². The highest BCUT2D eigenvalue weighted by molar-refractivity contribution is 5.91. The minimum absolute atomic E-state index is 0.0333. The fourth-order valence-electron chi connectivity index (χ4n) is 2.92. The maximum absolute atomic E-state index is 14.4. The van der Waals surface area contributed by atoms with Crippen LogP contribution < -0.4 is 5.32 Å². The van der Waals surface area contributed by atoms with Crippen LogP contribution in [-0.4, -0.2) is 37.1 Å². The summed E-state index contributed by atoms with van der Waals surface area (Å²) in [6, 6.07) is 0.974. The standard InChI is InChI=1S/C19H21F2N5O2/c1-19(2,3)14(4-5-15(27)28)25-18-13(21)9-24-17(26-18)12-8-23-16-11(12)6-10(20)7-22-16/h6-9,14H,4-5H2,1-3H3,(H,22,23)(H,27,28)(H,24,25,26). The van der Waals surface area contributed by atoms with Crippen molar-refractivity contribution in [1.82, 2.24) is 19.9 Å². The number of H-pyrrole nitrogens is 1. The Kier molecular flexibility index (Phi) is 5.26. The van der Waals surface area contributed by atoms with Crippen molar-refractivity contribution in [2.45, 2.75) is 39.7 Å². The molecule has 7 nitrogen and oxygen atoms in total. The van der Waals surface area contributed by atoms with E-state index in [9.17, 15) is 13.6 Å². The Morgan fingerprint density at radius 1 is 1.29 bits per heavy atom. The lowest BCUT2D eigenvalue weighted by Crippen LogP contribution is -2.35. The second-order valence-corrected chi connectivity index (χ2v) is 7.64. The number of nitrogens with zero attached hydrogens (tertiary/aromatic N) is 3. The van der Waals surface area contributed by atoms with E-state index in [1.54, 1.807) is 6.20 Å². The molecule has 28 heavy (non-hydrogen) atoms. The molecule has 0 amide bonds. The first-order chi connectivity index (χ1) is 13.1. The summed E-state index contributed by atoms with van der Waals surface area (Å²) >= 11 is 0. The summed E-state index contributed by atoms with van der Waals surface area (Å²) in [5.41, 5.74) is 0.622. The van der Waals surface area contributed by atoms with Crippen molar-refractivity contribution < 1.29 is 18.7 Å². The number of fused-ring (bicyclic) bond motifs is 1. The molecule has 0 aliphatic carbocycles. The number of carboxylic acids is 1. The molecule has 3 heterocycles. The second kappa shape index (κ2) is 7.49. The van der Waals surface area contributed by atoms with Gasteiger partial charge in [0, 0.05) is 29.6 Å². The second-order valence-electron chi connectivity index (χ2n) is 7.64. The van der Waals surface area contributed by atoms with Gasteiger partial charge in [0.2, 0.25) is 0 Å². The van der Waals surface area contributed by atoms with Gasteiger partial charge < -0.3 is 15.4 Å². The Morgan fingerprint density at radius 2 is 2.04 bits per heavy atom. The zero-order chi connectivity index (χ0) is 20.5. The summed E-state index contributed by atoms with van der Waals surface area (Å²) in [7, 11) is 0. The van der Waals surface area contributed by atoms with E-state index in [1.165, 1.54) is 6.07 Å². The lowest BCUT2D eigenvalue weighted by atomic mass is 9.84. The molecular weight excluding hydrogens is 368 g/mol. The number of rotatable bonds is 6.